The number of hydrogen-bond donors (Lipinski definition) is 1. The molecule has 0 radical (unpaired) electrons. The van der Waals surface area contributed by atoms with E-state index < -0.39 is 0 Å². The van der Waals surface area contributed by atoms with Gasteiger partial charge in [0.25, 0.3) is 5.91 Å². The Kier molecular flexibility index (Phi) is 5.49. The van der Waals surface area contributed by atoms with Gasteiger partial charge in [0.2, 0.25) is 0 Å². The molecule has 0 aromatic heterocycles. The SMILES string of the molecule is CCOCC(C)NC(=O)c1ccc(Br)cc1. The average molecular weight is 286 g/mol. The van der Waals surface area contributed by atoms with Gasteiger partial charge in [-0.1, -0.05) is 15.9 Å². The van der Waals surface area contributed by atoms with E-state index in [2.05, 4.69) is 21.2 Å². The van der Waals surface area contributed by atoms with E-state index >= 15 is 0 Å². The van der Waals surface area contributed by atoms with Crippen LogP contribution in [0.4, 0.5) is 0 Å². The second-order valence-electron chi connectivity index (χ2n) is 3.54. The Labute approximate surface area is 104 Å². The van der Waals surface area contributed by atoms with Gasteiger partial charge in [-0.15, -0.1) is 0 Å². The lowest BCUT2D eigenvalue weighted by Crippen LogP contribution is -2.35. The third-order valence-corrected chi connectivity index (χ3v) is 2.58. The Balaban J connectivity index is 2.48. The standard InChI is InChI=1S/C12H16BrNO2/c1-3-16-8-9(2)14-12(15)10-4-6-11(13)7-5-10/h4-7,9H,3,8H2,1-2H3,(H,14,15). The minimum atomic E-state index is -0.0697. The second kappa shape index (κ2) is 6.66. The van der Waals surface area contributed by atoms with Gasteiger partial charge in [-0.05, 0) is 38.1 Å². The third kappa shape index (κ3) is 4.33. The predicted octanol–water partition coefficient (Wildman–Crippen LogP) is 2.60. The zero-order valence-corrected chi connectivity index (χ0v) is 11.1. The van der Waals surface area contributed by atoms with E-state index in [1.807, 2.05) is 26.0 Å². The summed E-state index contributed by atoms with van der Waals surface area (Å²) in [7, 11) is 0. The van der Waals surface area contributed by atoms with Crippen LogP contribution >= 0.6 is 15.9 Å². The van der Waals surface area contributed by atoms with Crippen LogP contribution < -0.4 is 5.32 Å². The monoisotopic (exact) mass is 285 g/mol. The van der Waals surface area contributed by atoms with Crippen LogP contribution in [0.5, 0.6) is 0 Å². The first kappa shape index (κ1) is 13.2. The molecule has 1 rings (SSSR count). The fraction of sp³-hybridized carbons (Fsp3) is 0.417. The predicted molar refractivity (Wildman–Crippen MR) is 67.6 cm³/mol. The fourth-order valence-electron chi connectivity index (χ4n) is 1.24. The summed E-state index contributed by atoms with van der Waals surface area (Å²) in [5.74, 6) is -0.0697. The first-order chi connectivity index (χ1) is 7.63. The molecule has 1 amide bonds. The van der Waals surface area contributed by atoms with Crippen molar-refractivity contribution in [3.05, 3.63) is 34.3 Å². The zero-order chi connectivity index (χ0) is 12.0. The summed E-state index contributed by atoms with van der Waals surface area (Å²) in [6.45, 7) is 5.06. The average Bonchev–Trinajstić information content (AvgIpc) is 2.27. The maximum absolute atomic E-state index is 11.7. The summed E-state index contributed by atoms with van der Waals surface area (Å²) in [5, 5.41) is 2.87. The Morgan fingerprint density at radius 3 is 2.62 bits per heavy atom. The Morgan fingerprint density at radius 1 is 1.44 bits per heavy atom. The molecule has 0 spiro atoms. The highest BCUT2D eigenvalue weighted by atomic mass is 79.9. The summed E-state index contributed by atoms with van der Waals surface area (Å²) >= 11 is 3.33. The summed E-state index contributed by atoms with van der Waals surface area (Å²) in [5.41, 5.74) is 0.659. The number of hydrogen-bond acceptors (Lipinski definition) is 2. The second-order valence-corrected chi connectivity index (χ2v) is 4.46. The third-order valence-electron chi connectivity index (χ3n) is 2.06. The Hall–Kier alpha value is -0.870. The van der Waals surface area contributed by atoms with E-state index in [4.69, 9.17) is 4.74 Å². The first-order valence-electron chi connectivity index (χ1n) is 5.27. The molecular weight excluding hydrogens is 270 g/mol. The summed E-state index contributed by atoms with van der Waals surface area (Å²) in [6, 6.07) is 7.29. The van der Waals surface area contributed by atoms with Crippen LogP contribution in [0, 0.1) is 0 Å². The first-order valence-corrected chi connectivity index (χ1v) is 6.07. The number of amides is 1. The summed E-state index contributed by atoms with van der Waals surface area (Å²) < 4.78 is 6.19. The van der Waals surface area contributed by atoms with Crippen LogP contribution in [0.3, 0.4) is 0 Å². The highest BCUT2D eigenvalue weighted by molar-refractivity contribution is 9.10. The van der Waals surface area contributed by atoms with Crippen molar-refractivity contribution in [2.45, 2.75) is 19.9 Å². The quantitative estimate of drug-likeness (QED) is 0.903. The molecule has 1 atom stereocenters. The van der Waals surface area contributed by atoms with Crippen molar-refractivity contribution >= 4 is 21.8 Å². The molecule has 1 N–H and O–H groups in total. The lowest BCUT2D eigenvalue weighted by atomic mass is 10.2. The van der Waals surface area contributed by atoms with Gasteiger partial charge in [-0.25, -0.2) is 0 Å². The van der Waals surface area contributed by atoms with E-state index in [0.717, 1.165) is 4.47 Å². The van der Waals surface area contributed by atoms with E-state index in [-0.39, 0.29) is 11.9 Å². The number of nitrogens with one attached hydrogen (secondary N) is 1. The number of ether oxygens (including phenoxy) is 1. The molecule has 0 saturated carbocycles. The lowest BCUT2D eigenvalue weighted by molar-refractivity contribution is 0.0872. The Bertz CT molecular complexity index is 337. The van der Waals surface area contributed by atoms with Gasteiger partial charge in [0.15, 0.2) is 0 Å². The summed E-state index contributed by atoms with van der Waals surface area (Å²) in [6.07, 6.45) is 0. The van der Waals surface area contributed by atoms with Crippen molar-refractivity contribution in [2.24, 2.45) is 0 Å². The number of carbonyl (C=O) groups excluding carboxylic acids is 1. The van der Waals surface area contributed by atoms with Crippen LogP contribution in [0.2, 0.25) is 0 Å². The molecule has 0 bridgehead atoms. The molecule has 0 aliphatic carbocycles. The fourth-order valence-corrected chi connectivity index (χ4v) is 1.51. The summed E-state index contributed by atoms with van der Waals surface area (Å²) in [4.78, 5) is 11.7. The smallest absolute Gasteiger partial charge is 0.251 e. The molecule has 1 aromatic carbocycles. The highest BCUT2D eigenvalue weighted by Crippen LogP contribution is 2.10. The van der Waals surface area contributed by atoms with Crippen molar-refractivity contribution in [1.82, 2.24) is 5.32 Å². The molecule has 1 unspecified atom stereocenters. The minimum absolute atomic E-state index is 0.0242. The van der Waals surface area contributed by atoms with Crippen LogP contribution in [0.25, 0.3) is 0 Å². The molecule has 0 fully saturated rings. The molecule has 0 saturated heterocycles. The molecule has 0 aliphatic heterocycles. The van der Waals surface area contributed by atoms with Crippen LogP contribution in [0.1, 0.15) is 24.2 Å². The van der Waals surface area contributed by atoms with E-state index in [0.29, 0.717) is 18.8 Å². The minimum Gasteiger partial charge on any atom is -0.380 e. The normalized spacial score (nSPS) is 12.2. The van der Waals surface area contributed by atoms with Gasteiger partial charge in [0.05, 0.1) is 6.61 Å². The van der Waals surface area contributed by atoms with Gasteiger partial charge in [-0.2, -0.15) is 0 Å². The molecule has 1 aromatic rings. The van der Waals surface area contributed by atoms with Crippen LogP contribution in [-0.2, 0) is 4.74 Å². The molecule has 3 nitrogen and oxygen atoms in total. The molecule has 0 heterocycles. The van der Waals surface area contributed by atoms with Gasteiger partial charge < -0.3 is 10.1 Å². The van der Waals surface area contributed by atoms with Crippen molar-refractivity contribution in [1.29, 1.82) is 0 Å². The van der Waals surface area contributed by atoms with E-state index in [1.165, 1.54) is 0 Å². The van der Waals surface area contributed by atoms with Crippen LogP contribution in [0.15, 0.2) is 28.7 Å². The molecule has 0 aliphatic rings. The number of halogens is 1. The van der Waals surface area contributed by atoms with Gasteiger partial charge in [0.1, 0.15) is 0 Å². The molecule has 4 heteroatoms. The van der Waals surface area contributed by atoms with Crippen molar-refractivity contribution in [3.8, 4) is 0 Å². The Morgan fingerprint density at radius 2 is 2.06 bits per heavy atom. The highest BCUT2D eigenvalue weighted by Gasteiger charge is 2.09. The van der Waals surface area contributed by atoms with Crippen molar-refractivity contribution in [3.63, 3.8) is 0 Å². The van der Waals surface area contributed by atoms with Gasteiger partial charge in [-0.3, -0.25) is 4.79 Å². The maximum Gasteiger partial charge on any atom is 0.251 e. The molecule has 88 valence electrons. The zero-order valence-electron chi connectivity index (χ0n) is 9.50. The van der Waals surface area contributed by atoms with Crippen LogP contribution in [-0.4, -0.2) is 25.2 Å². The maximum atomic E-state index is 11.7. The van der Waals surface area contributed by atoms with Crippen molar-refractivity contribution in [2.75, 3.05) is 13.2 Å². The van der Waals surface area contributed by atoms with E-state index in [1.54, 1.807) is 12.1 Å². The number of benzene rings is 1. The molecular formula is C12H16BrNO2. The van der Waals surface area contributed by atoms with Gasteiger partial charge >= 0.3 is 0 Å². The topological polar surface area (TPSA) is 38.3 Å². The number of rotatable bonds is 5. The van der Waals surface area contributed by atoms with Gasteiger partial charge in [0, 0.05) is 22.7 Å². The van der Waals surface area contributed by atoms with E-state index in [9.17, 15) is 4.79 Å². The number of carbonyl (C=O) groups is 1. The van der Waals surface area contributed by atoms with Crippen molar-refractivity contribution < 1.29 is 9.53 Å². The lowest BCUT2D eigenvalue weighted by Gasteiger charge is -2.13. The molecule has 16 heavy (non-hydrogen) atoms. The largest absolute Gasteiger partial charge is 0.380 e.